The molecular formula is C16H21F3N4O2. The Kier molecular flexibility index (Phi) is 3.65. The number of carbonyl (C=O) groups excluding carboxylic acids is 1. The Labute approximate surface area is 143 Å². The van der Waals surface area contributed by atoms with Crippen LogP contribution < -0.4 is 0 Å². The van der Waals surface area contributed by atoms with E-state index in [9.17, 15) is 18.0 Å². The number of hydrogen-bond donors (Lipinski definition) is 0. The number of amides is 1. The summed E-state index contributed by atoms with van der Waals surface area (Å²) in [6.45, 7) is 2.82. The number of aromatic nitrogens is 2. The molecule has 4 heterocycles. The van der Waals surface area contributed by atoms with Gasteiger partial charge >= 0.3 is 6.18 Å². The van der Waals surface area contributed by atoms with E-state index >= 15 is 0 Å². The third-order valence-electron chi connectivity index (χ3n) is 6.08. The minimum atomic E-state index is -4.55. The Morgan fingerprint density at radius 1 is 1.16 bits per heavy atom. The molecule has 0 aromatic carbocycles. The molecule has 25 heavy (non-hydrogen) atoms. The summed E-state index contributed by atoms with van der Waals surface area (Å²) in [7, 11) is 0. The summed E-state index contributed by atoms with van der Waals surface area (Å²) < 4.78 is 46.6. The zero-order valence-electron chi connectivity index (χ0n) is 14.1. The topological polar surface area (TPSA) is 62.5 Å². The molecule has 6 nitrogen and oxygen atoms in total. The largest absolute Gasteiger partial charge is 0.405 e. The van der Waals surface area contributed by atoms with Gasteiger partial charge in [-0.3, -0.25) is 9.69 Å². The SMILES string of the molecule is Cc1noc(C2(C(F)(F)F)CCN(C(=O)C34CCCN3CCC4)C2)n1. The smallest absolute Gasteiger partial charge is 0.340 e. The van der Waals surface area contributed by atoms with Crippen LogP contribution in [-0.2, 0) is 10.2 Å². The first kappa shape index (κ1) is 16.8. The molecule has 3 fully saturated rings. The van der Waals surface area contributed by atoms with Crippen molar-refractivity contribution in [1.29, 1.82) is 0 Å². The molecule has 4 rings (SSSR count). The summed E-state index contributed by atoms with van der Waals surface area (Å²) in [5.41, 5.74) is -2.85. The first-order valence-electron chi connectivity index (χ1n) is 8.70. The highest BCUT2D eigenvalue weighted by Gasteiger charge is 2.65. The number of likely N-dealkylation sites (tertiary alicyclic amines) is 1. The van der Waals surface area contributed by atoms with Crippen molar-refractivity contribution in [1.82, 2.24) is 19.9 Å². The van der Waals surface area contributed by atoms with Gasteiger partial charge in [-0.15, -0.1) is 0 Å². The lowest BCUT2D eigenvalue weighted by Gasteiger charge is -2.35. The molecule has 0 radical (unpaired) electrons. The van der Waals surface area contributed by atoms with E-state index in [1.165, 1.54) is 11.8 Å². The summed E-state index contributed by atoms with van der Waals surface area (Å²) in [6.07, 6.45) is -1.47. The molecule has 1 unspecified atom stereocenters. The number of rotatable bonds is 2. The summed E-state index contributed by atoms with van der Waals surface area (Å²) in [4.78, 5) is 20.5. The molecule has 1 atom stereocenters. The van der Waals surface area contributed by atoms with E-state index < -0.39 is 29.6 Å². The van der Waals surface area contributed by atoms with E-state index in [0.717, 1.165) is 38.8 Å². The normalized spacial score (nSPS) is 29.4. The molecule has 0 aliphatic carbocycles. The van der Waals surface area contributed by atoms with Gasteiger partial charge in [-0.05, 0) is 52.1 Å². The molecule has 1 amide bonds. The predicted molar refractivity (Wildman–Crippen MR) is 80.7 cm³/mol. The van der Waals surface area contributed by atoms with Gasteiger partial charge in [0, 0.05) is 13.1 Å². The van der Waals surface area contributed by atoms with Gasteiger partial charge < -0.3 is 9.42 Å². The Morgan fingerprint density at radius 2 is 1.84 bits per heavy atom. The average molecular weight is 358 g/mol. The van der Waals surface area contributed by atoms with Crippen LogP contribution in [0.1, 0.15) is 43.8 Å². The number of hydrogen-bond acceptors (Lipinski definition) is 5. The van der Waals surface area contributed by atoms with Crippen LogP contribution in [0.5, 0.6) is 0 Å². The molecule has 1 aromatic rings. The Hall–Kier alpha value is -1.64. The zero-order chi connectivity index (χ0) is 17.9. The highest BCUT2D eigenvalue weighted by molar-refractivity contribution is 5.87. The van der Waals surface area contributed by atoms with Crippen molar-refractivity contribution in [3.63, 3.8) is 0 Å². The van der Waals surface area contributed by atoms with E-state index in [1.54, 1.807) is 0 Å². The highest BCUT2D eigenvalue weighted by Crippen LogP contribution is 2.49. The third kappa shape index (κ3) is 2.31. The lowest BCUT2D eigenvalue weighted by atomic mass is 9.86. The van der Waals surface area contributed by atoms with Crippen molar-refractivity contribution in [3.05, 3.63) is 11.7 Å². The van der Waals surface area contributed by atoms with Crippen molar-refractivity contribution in [3.8, 4) is 0 Å². The second-order valence-electron chi connectivity index (χ2n) is 7.43. The van der Waals surface area contributed by atoms with Crippen LogP contribution in [0.25, 0.3) is 0 Å². The van der Waals surface area contributed by atoms with Crippen LogP contribution in [0.4, 0.5) is 13.2 Å². The summed E-state index contributed by atoms with van der Waals surface area (Å²) in [5.74, 6) is -0.426. The second-order valence-corrected chi connectivity index (χ2v) is 7.43. The summed E-state index contributed by atoms with van der Waals surface area (Å²) >= 11 is 0. The molecule has 3 aliphatic heterocycles. The van der Waals surface area contributed by atoms with Crippen LogP contribution >= 0.6 is 0 Å². The van der Waals surface area contributed by atoms with Gasteiger partial charge in [-0.2, -0.15) is 18.2 Å². The second kappa shape index (κ2) is 5.43. The maximum Gasteiger partial charge on any atom is 0.405 e. The number of halogens is 3. The Morgan fingerprint density at radius 3 is 2.40 bits per heavy atom. The fourth-order valence-corrected chi connectivity index (χ4v) is 4.75. The van der Waals surface area contributed by atoms with Gasteiger partial charge in [-0.1, -0.05) is 5.16 Å². The Bertz CT molecular complexity index is 679. The monoisotopic (exact) mass is 358 g/mol. The van der Waals surface area contributed by atoms with E-state index in [2.05, 4.69) is 15.0 Å². The van der Waals surface area contributed by atoms with Crippen LogP contribution in [0.15, 0.2) is 4.52 Å². The third-order valence-corrected chi connectivity index (χ3v) is 6.08. The van der Waals surface area contributed by atoms with Gasteiger partial charge in [0.05, 0.1) is 0 Å². The maximum atomic E-state index is 13.9. The van der Waals surface area contributed by atoms with Crippen LogP contribution in [0.2, 0.25) is 0 Å². The van der Waals surface area contributed by atoms with Gasteiger partial charge in [0.15, 0.2) is 11.2 Å². The standard InChI is InChI=1S/C16H21F3N4O2/c1-11-20-12(25-21-11)14(16(17,18)19)6-9-22(10-14)13(24)15-4-2-7-23(15)8-3-5-15/h2-10H2,1H3. The zero-order valence-corrected chi connectivity index (χ0v) is 14.1. The molecule has 0 saturated carbocycles. The lowest BCUT2D eigenvalue weighted by molar-refractivity contribution is -0.194. The number of alkyl halides is 3. The maximum absolute atomic E-state index is 13.9. The molecule has 9 heteroatoms. The number of aryl methyl sites for hydroxylation is 1. The quantitative estimate of drug-likeness (QED) is 0.810. The molecule has 3 aliphatic rings. The van der Waals surface area contributed by atoms with Crippen LogP contribution in [0.3, 0.4) is 0 Å². The molecule has 0 N–H and O–H groups in total. The van der Waals surface area contributed by atoms with Gasteiger partial charge in [-0.25, -0.2) is 0 Å². The van der Waals surface area contributed by atoms with E-state index in [1.807, 2.05) is 0 Å². The van der Waals surface area contributed by atoms with Crippen LogP contribution in [-0.4, -0.2) is 63.7 Å². The van der Waals surface area contributed by atoms with Gasteiger partial charge in [0.25, 0.3) is 0 Å². The summed E-state index contributed by atoms with van der Waals surface area (Å²) in [5, 5.41) is 3.52. The molecule has 138 valence electrons. The molecule has 0 spiro atoms. The lowest BCUT2D eigenvalue weighted by Crippen LogP contribution is -2.54. The highest BCUT2D eigenvalue weighted by atomic mass is 19.4. The van der Waals surface area contributed by atoms with E-state index in [4.69, 9.17) is 4.52 Å². The van der Waals surface area contributed by atoms with Crippen molar-refractivity contribution in [2.75, 3.05) is 26.2 Å². The number of fused-ring (bicyclic) bond motifs is 1. The molecule has 3 saturated heterocycles. The van der Waals surface area contributed by atoms with E-state index in [-0.39, 0.29) is 24.7 Å². The van der Waals surface area contributed by atoms with Gasteiger partial charge in [0.2, 0.25) is 11.8 Å². The minimum Gasteiger partial charge on any atom is -0.340 e. The van der Waals surface area contributed by atoms with Gasteiger partial charge in [0.1, 0.15) is 5.54 Å². The van der Waals surface area contributed by atoms with Crippen molar-refractivity contribution in [2.45, 2.75) is 56.2 Å². The van der Waals surface area contributed by atoms with E-state index in [0.29, 0.717) is 0 Å². The van der Waals surface area contributed by atoms with Crippen molar-refractivity contribution < 1.29 is 22.5 Å². The number of carbonyl (C=O) groups is 1. The first-order valence-corrected chi connectivity index (χ1v) is 8.70. The first-order chi connectivity index (χ1) is 11.8. The minimum absolute atomic E-state index is 0.0648. The number of nitrogens with zero attached hydrogens (tertiary/aromatic N) is 4. The molecule has 0 bridgehead atoms. The Balaban J connectivity index is 1.63. The summed E-state index contributed by atoms with van der Waals surface area (Å²) in [6, 6.07) is 0. The fourth-order valence-electron chi connectivity index (χ4n) is 4.75. The fraction of sp³-hybridized carbons (Fsp3) is 0.812. The van der Waals surface area contributed by atoms with Crippen LogP contribution in [0, 0.1) is 6.92 Å². The molecular weight excluding hydrogens is 337 g/mol. The average Bonchev–Trinajstić information content (AvgIpc) is 3.28. The molecule has 1 aromatic heterocycles. The predicted octanol–water partition coefficient (Wildman–Crippen LogP) is 2.04. The van der Waals surface area contributed by atoms with Crippen molar-refractivity contribution >= 4 is 5.91 Å². The van der Waals surface area contributed by atoms with Crippen molar-refractivity contribution in [2.24, 2.45) is 0 Å².